The van der Waals surface area contributed by atoms with Crippen molar-refractivity contribution in [2.75, 3.05) is 0 Å². The van der Waals surface area contributed by atoms with Gasteiger partial charge in [0, 0.05) is 11.1 Å². The van der Waals surface area contributed by atoms with E-state index in [4.69, 9.17) is 0 Å². The van der Waals surface area contributed by atoms with Gasteiger partial charge in [0.05, 0.1) is 0 Å². The zero-order chi connectivity index (χ0) is 19.3. The average Bonchev–Trinajstić information content (AvgIpc) is 3.36. The molecule has 138 valence electrons. The summed E-state index contributed by atoms with van der Waals surface area (Å²) in [4.78, 5) is 0. The molecule has 10 heteroatoms. The first kappa shape index (κ1) is 18.2. The summed E-state index contributed by atoms with van der Waals surface area (Å²) in [6, 6.07) is 14.0. The van der Waals surface area contributed by atoms with Crippen LogP contribution in [0.2, 0.25) is 0 Å². The number of aromatic nitrogens is 8. The number of alkyl halides is 2. The molecule has 0 saturated heterocycles. The summed E-state index contributed by atoms with van der Waals surface area (Å²) >= 11 is 0. The predicted octanol–water partition coefficient (Wildman–Crippen LogP) is 2.82. The molecule has 2 aromatic carbocycles. The monoisotopic (exact) mass is 370 g/mol. The number of tetrazole rings is 2. The molecule has 4 rings (SSSR count). The molecular formula is C17H16F2N8. The van der Waals surface area contributed by atoms with Crippen LogP contribution < -0.4 is 0 Å². The highest BCUT2D eigenvalue weighted by Gasteiger charge is 2.38. The third-order valence-electron chi connectivity index (χ3n) is 3.63. The number of H-pyrrole nitrogens is 2. The Hall–Kier alpha value is -3.56. The van der Waals surface area contributed by atoms with E-state index in [-0.39, 0.29) is 5.56 Å². The lowest BCUT2D eigenvalue weighted by Crippen LogP contribution is -2.17. The summed E-state index contributed by atoms with van der Waals surface area (Å²) in [7, 11) is 0. The van der Waals surface area contributed by atoms with Gasteiger partial charge < -0.3 is 0 Å². The molecule has 8 nitrogen and oxygen atoms in total. The summed E-state index contributed by atoms with van der Waals surface area (Å²) in [5, 5.41) is 25.4. The van der Waals surface area contributed by atoms with Crippen molar-refractivity contribution < 1.29 is 8.78 Å². The molecule has 0 radical (unpaired) electrons. The number of nitrogens with zero attached hydrogens (tertiary/aromatic N) is 6. The molecule has 2 N–H and O–H groups in total. The Morgan fingerprint density at radius 3 is 2.07 bits per heavy atom. The quantitative estimate of drug-likeness (QED) is 0.574. The van der Waals surface area contributed by atoms with Gasteiger partial charge in [0.2, 0.25) is 11.6 Å². The Bertz CT molecular complexity index is 984. The maximum absolute atomic E-state index is 13.7. The molecule has 0 spiro atoms. The van der Waals surface area contributed by atoms with Gasteiger partial charge >= 0.3 is 5.92 Å². The van der Waals surface area contributed by atoms with E-state index >= 15 is 0 Å². The molecule has 0 amide bonds. The fourth-order valence-corrected chi connectivity index (χ4v) is 2.33. The maximum atomic E-state index is 13.7. The second-order valence-electron chi connectivity index (χ2n) is 5.78. The Balaban J connectivity index is 0.000000159. The molecule has 4 aromatic rings. The van der Waals surface area contributed by atoms with Gasteiger partial charge in [-0.05, 0) is 36.4 Å². The fraction of sp³-hybridized carbons (Fsp3) is 0.176. The van der Waals surface area contributed by atoms with Crippen molar-refractivity contribution >= 4 is 0 Å². The third kappa shape index (κ3) is 4.35. The van der Waals surface area contributed by atoms with E-state index in [1.54, 1.807) is 19.1 Å². The topological polar surface area (TPSA) is 109 Å². The highest BCUT2D eigenvalue weighted by molar-refractivity contribution is 5.54. The van der Waals surface area contributed by atoms with Gasteiger partial charge in [0.15, 0.2) is 0 Å². The lowest BCUT2D eigenvalue weighted by molar-refractivity contribution is 0.0328. The van der Waals surface area contributed by atoms with Crippen molar-refractivity contribution in [1.29, 1.82) is 0 Å². The predicted molar refractivity (Wildman–Crippen MR) is 92.7 cm³/mol. The van der Waals surface area contributed by atoms with Crippen molar-refractivity contribution in [2.45, 2.75) is 19.8 Å². The van der Waals surface area contributed by atoms with Crippen LogP contribution in [-0.2, 0) is 5.92 Å². The normalized spacial score (nSPS) is 11.0. The number of hydrogen-bond acceptors (Lipinski definition) is 6. The lowest BCUT2D eigenvalue weighted by atomic mass is 10.1. The Kier molecular flexibility index (Phi) is 5.25. The van der Waals surface area contributed by atoms with Gasteiger partial charge in [0.1, 0.15) is 0 Å². The summed E-state index contributed by atoms with van der Waals surface area (Å²) in [5.74, 6) is -3.19. The molecule has 0 saturated carbocycles. The van der Waals surface area contributed by atoms with Gasteiger partial charge in [-0.3, -0.25) is 0 Å². The first-order valence-electron chi connectivity index (χ1n) is 7.96. The minimum absolute atomic E-state index is 0.135. The van der Waals surface area contributed by atoms with Crippen LogP contribution in [0.3, 0.4) is 0 Å². The van der Waals surface area contributed by atoms with Crippen molar-refractivity contribution in [3.05, 3.63) is 71.0 Å². The highest BCUT2D eigenvalue weighted by Crippen LogP contribution is 2.32. The molecular weight excluding hydrogens is 354 g/mol. The van der Waals surface area contributed by atoms with Crippen LogP contribution in [0.15, 0.2) is 48.5 Å². The molecule has 27 heavy (non-hydrogen) atoms. The van der Waals surface area contributed by atoms with Gasteiger partial charge in [0.25, 0.3) is 0 Å². The zero-order valence-electron chi connectivity index (χ0n) is 14.6. The number of halogens is 2. The van der Waals surface area contributed by atoms with Crippen LogP contribution in [0, 0.1) is 13.8 Å². The Morgan fingerprint density at radius 2 is 1.48 bits per heavy atom. The Labute approximate surface area is 153 Å². The van der Waals surface area contributed by atoms with E-state index in [1.165, 1.54) is 17.7 Å². The fourth-order valence-electron chi connectivity index (χ4n) is 2.33. The first-order chi connectivity index (χ1) is 13.0. The van der Waals surface area contributed by atoms with Crippen LogP contribution >= 0.6 is 0 Å². The van der Waals surface area contributed by atoms with Crippen molar-refractivity contribution in [2.24, 2.45) is 0 Å². The van der Waals surface area contributed by atoms with Crippen LogP contribution in [0.1, 0.15) is 22.5 Å². The summed E-state index contributed by atoms with van der Waals surface area (Å²) in [5.41, 5.74) is 2.81. The number of aryl methyl sites for hydroxylation is 2. The second-order valence-corrected chi connectivity index (χ2v) is 5.78. The SMILES string of the molecule is Cc1cccc(-c2nn[nH]n2)c1.Cc1cccc(C(F)(F)c2nn[nH]n2)c1. The van der Waals surface area contributed by atoms with Crippen LogP contribution in [-0.4, -0.2) is 41.2 Å². The molecule has 0 aliphatic heterocycles. The van der Waals surface area contributed by atoms with E-state index in [1.807, 2.05) is 36.4 Å². The number of rotatable bonds is 3. The number of benzene rings is 2. The summed E-state index contributed by atoms with van der Waals surface area (Å²) in [6.07, 6.45) is 0. The van der Waals surface area contributed by atoms with E-state index in [9.17, 15) is 8.78 Å². The van der Waals surface area contributed by atoms with Crippen molar-refractivity contribution in [3.63, 3.8) is 0 Å². The number of nitrogens with one attached hydrogen (secondary N) is 2. The van der Waals surface area contributed by atoms with Gasteiger partial charge in [-0.25, -0.2) is 0 Å². The summed E-state index contributed by atoms with van der Waals surface area (Å²) in [6.45, 7) is 3.78. The van der Waals surface area contributed by atoms with E-state index in [0.29, 0.717) is 5.82 Å². The zero-order valence-corrected chi connectivity index (χ0v) is 14.6. The van der Waals surface area contributed by atoms with E-state index in [2.05, 4.69) is 36.0 Å². The van der Waals surface area contributed by atoms with Crippen molar-refractivity contribution in [3.8, 4) is 11.4 Å². The summed E-state index contributed by atoms with van der Waals surface area (Å²) < 4.78 is 27.4. The molecule has 2 heterocycles. The molecule has 2 aromatic heterocycles. The smallest absolute Gasteiger partial charge is 0.192 e. The number of hydrogen-bond donors (Lipinski definition) is 2. The number of aromatic amines is 2. The molecule has 0 aliphatic carbocycles. The lowest BCUT2D eigenvalue weighted by Gasteiger charge is -2.12. The maximum Gasteiger partial charge on any atom is 0.335 e. The third-order valence-corrected chi connectivity index (χ3v) is 3.63. The molecule has 0 unspecified atom stereocenters. The first-order valence-corrected chi connectivity index (χ1v) is 7.96. The largest absolute Gasteiger partial charge is 0.335 e. The molecule has 0 aliphatic rings. The van der Waals surface area contributed by atoms with E-state index < -0.39 is 11.7 Å². The Morgan fingerprint density at radius 1 is 0.815 bits per heavy atom. The van der Waals surface area contributed by atoms with Crippen LogP contribution in [0.5, 0.6) is 0 Å². The second kappa shape index (κ2) is 7.77. The minimum Gasteiger partial charge on any atom is -0.192 e. The van der Waals surface area contributed by atoms with Crippen molar-refractivity contribution in [1.82, 2.24) is 41.2 Å². The average molecular weight is 370 g/mol. The van der Waals surface area contributed by atoms with Gasteiger partial charge in [-0.1, -0.05) is 47.5 Å². The minimum atomic E-state index is -3.21. The van der Waals surface area contributed by atoms with Gasteiger partial charge in [-0.2, -0.15) is 19.2 Å². The van der Waals surface area contributed by atoms with Gasteiger partial charge in [-0.15, -0.1) is 20.4 Å². The molecule has 0 fully saturated rings. The molecule has 0 bridgehead atoms. The molecule has 0 atom stereocenters. The van der Waals surface area contributed by atoms with Crippen LogP contribution in [0.4, 0.5) is 8.78 Å². The standard InChI is InChI=1S/C9H8F2N4.C8H8N4/c1-6-3-2-4-7(5-6)9(10,11)8-12-14-15-13-8;1-6-3-2-4-7(5-6)8-9-11-12-10-8/h2-5H,1H3,(H,12,13,14,15);2-5H,1H3,(H,9,10,11,12). The van der Waals surface area contributed by atoms with Crippen LogP contribution in [0.25, 0.3) is 11.4 Å². The highest BCUT2D eigenvalue weighted by atomic mass is 19.3. The van der Waals surface area contributed by atoms with E-state index in [0.717, 1.165) is 11.1 Å².